The van der Waals surface area contributed by atoms with Gasteiger partial charge in [-0.05, 0) is 68.5 Å². The topological polar surface area (TPSA) is 76.6 Å². The summed E-state index contributed by atoms with van der Waals surface area (Å²) in [4.78, 5) is 33.7. The van der Waals surface area contributed by atoms with Crippen LogP contribution in [0, 0.1) is 0 Å². The molecule has 1 atom stereocenters. The summed E-state index contributed by atoms with van der Waals surface area (Å²) in [6, 6.07) is 14.5. The molecule has 2 aromatic carbocycles. The van der Waals surface area contributed by atoms with Gasteiger partial charge < -0.3 is 24.5 Å². The number of amides is 2. The van der Waals surface area contributed by atoms with Crippen molar-refractivity contribution in [3.8, 4) is 0 Å². The van der Waals surface area contributed by atoms with Crippen LogP contribution in [0.25, 0.3) is 0 Å². The number of hydrogen-bond donors (Lipinski definition) is 1. The molecular formula is C30H40N4O4. The molecule has 204 valence electrons. The maximum atomic E-state index is 13.3. The number of fused-ring (bicyclic) bond motifs is 2. The molecule has 1 N–H and O–H groups in total. The first-order chi connectivity index (χ1) is 18.2. The van der Waals surface area contributed by atoms with E-state index in [2.05, 4.69) is 40.1 Å². The summed E-state index contributed by atoms with van der Waals surface area (Å²) in [5.41, 5.74) is 5.09. The van der Waals surface area contributed by atoms with Crippen LogP contribution in [0.2, 0.25) is 0 Å². The first kappa shape index (κ1) is 26.5. The average Bonchev–Trinajstić information content (AvgIpc) is 2.89. The minimum Gasteiger partial charge on any atom is -0.444 e. The fourth-order valence-corrected chi connectivity index (χ4v) is 5.69. The Morgan fingerprint density at radius 1 is 0.921 bits per heavy atom. The van der Waals surface area contributed by atoms with Gasteiger partial charge in [0.15, 0.2) is 0 Å². The molecule has 3 aliphatic heterocycles. The molecular weight excluding hydrogens is 480 g/mol. The predicted molar refractivity (Wildman–Crippen MR) is 147 cm³/mol. The van der Waals surface area contributed by atoms with Gasteiger partial charge in [0, 0.05) is 70.2 Å². The van der Waals surface area contributed by atoms with Crippen molar-refractivity contribution in [2.45, 2.75) is 51.9 Å². The van der Waals surface area contributed by atoms with Crippen molar-refractivity contribution in [1.29, 1.82) is 0 Å². The summed E-state index contributed by atoms with van der Waals surface area (Å²) < 4.78 is 5.50. The highest BCUT2D eigenvalue weighted by Crippen LogP contribution is 2.26. The Morgan fingerprint density at radius 2 is 1.63 bits per heavy atom. The number of aliphatic hydroxyl groups excluding tert-OH is 1. The molecule has 0 aromatic heterocycles. The summed E-state index contributed by atoms with van der Waals surface area (Å²) in [6.45, 7) is 11.6. The highest BCUT2D eigenvalue weighted by atomic mass is 16.6. The number of anilines is 1. The molecule has 8 heteroatoms. The fourth-order valence-electron chi connectivity index (χ4n) is 5.69. The van der Waals surface area contributed by atoms with Gasteiger partial charge in [0.05, 0.1) is 6.10 Å². The Labute approximate surface area is 225 Å². The third-order valence-corrected chi connectivity index (χ3v) is 7.66. The van der Waals surface area contributed by atoms with E-state index in [1.165, 1.54) is 11.1 Å². The number of carbonyl (C=O) groups excluding carboxylic acids is 2. The van der Waals surface area contributed by atoms with Crippen LogP contribution < -0.4 is 4.90 Å². The molecule has 38 heavy (non-hydrogen) atoms. The number of aliphatic hydroxyl groups is 1. The number of piperazine rings is 1. The molecule has 3 aliphatic rings. The van der Waals surface area contributed by atoms with Crippen LogP contribution in [0.5, 0.6) is 0 Å². The van der Waals surface area contributed by atoms with Crippen LogP contribution in [0.3, 0.4) is 0 Å². The molecule has 3 heterocycles. The third-order valence-electron chi connectivity index (χ3n) is 7.66. The molecule has 0 unspecified atom stereocenters. The summed E-state index contributed by atoms with van der Waals surface area (Å²) in [5.74, 6) is -0.00409. The number of nitrogens with zero attached hydrogens (tertiary/aromatic N) is 4. The zero-order valence-electron chi connectivity index (χ0n) is 22.9. The monoisotopic (exact) mass is 520 g/mol. The molecule has 0 radical (unpaired) electrons. The Balaban J connectivity index is 1.14. The standard InChI is InChI=1S/C30H40N4O4/c1-30(2,3)38-29(37)33-16-14-32(15-17-33)25-8-9-27-23(18-25)11-13-34(28(27)36)21-26(35)20-31-12-10-22-6-4-5-7-24(22)19-31/h4-9,18,26,35H,10-17,19-21H2,1-3H3/t26-/m1/s1. The van der Waals surface area contributed by atoms with Gasteiger partial charge in [-0.3, -0.25) is 9.69 Å². The van der Waals surface area contributed by atoms with Gasteiger partial charge in [-0.15, -0.1) is 0 Å². The highest BCUT2D eigenvalue weighted by molar-refractivity contribution is 5.97. The molecule has 0 spiro atoms. The Hall–Kier alpha value is -3.10. The maximum Gasteiger partial charge on any atom is 0.410 e. The summed E-state index contributed by atoms with van der Waals surface area (Å²) in [6.07, 6.45) is 0.931. The molecule has 2 amide bonds. The van der Waals surface area contributed by atoms with E-state index in [-0.39, 0.29) is 12.0 Å². The smallest absolute Gasteiger partial charge is 0.410 e. The predicted octanol–water partition coefficient (Wildman–Crippen LogP) is 3.16. The van der Waals surface area contributed by atoms with Crippen molar-refractivity contribution in [1.82, 2.24) is 14.7 Å². The van der Waals surface area contributed by atoms with Crippen LogP contribution >= 0.6 is 0 Å². The van der Waals surface area contributed by atoms with Gasteiger partial charge in [-0.1, -0.05) is 24.3 Å². The summed E-state index contributed by atoms with van der Waals surface area (Å²) in [7, 11) is 0. The lowest BCUT2D eigenvalue weighted by Gasteiger charge is -2.37. The number of rotatable bonds is 5. The molecule has 1 fully saturated rings. The first-order valence-corrected chi connectivity index (χ1v) is 13.8. The van der Waals surface area contributed by atoms with Crippen molar-refractivity contribution < 1.29 is 19.4 Å². The van der Waals surface area contributed by atoms with Gasteiger partial charge in [0.1, 0.15) is 5.60 Å². The van der Waals surface area contributed by atoms with E-state index >= 15 is 0 Å². The second-order valence-electron chi connectivity index (χ2n) is 11.7. The van der Waals surface area contributed by atoms with E-state index in [9.17, 15) is 14.7 Å². The van der Waals surface area contributed by atoms with Crippen LogP contribution in [0.1, 0.15) is 47.8 Å². The molecule has 0 saturated carbocycles. The SMILES string of the molecule is CC(C)(C)OC(=O)N1CCN(c2ccc3c(c2)CCN(C[C@H](O)CN2CCc4ccccc4C2)C3=O)CC1. The molecule has 1 saturated heterocycles. The molecule has 0 bridgehead atoms. The van der Waals surface area contributed by atoms with Gasteiger partial charge in [0.2, 0.25) is 0 Å². The van der Waals surface area contributed by atoms with Gasteiger partial charge in [0.25, 0.3) is 5.91 Å². The number of hydrogen-bond acceptors (Lipinski definition) is 6. The van der Waals surface area contributed by atoms with Crippen molar-refractivity contribution in [3.05, 3.63) is 64.7 Å². The van der Waals surface area contributed by atoms with Crippen molar-refractivity contribution in [3.63, 3.8) is 0 Å². The van der Waals surface area contributed by atoms with Crippen molar-refractivity contribution in [2.75, 3.05) is 57.3 Å². The van der Waals surface area contributed by atoms with E-state index in [1.807, 2.05) is 32.9 Å². The van der Waals surface area contributed by atoms with Gasteiger partial charge >= 0.3 is 6.09 Å². The van der Waals surface area contributed by atoms with Gasteiger partial charge in [-0.25, -0.2) is 4.79 Å². The number of carbonyl (C=O) groups is 2. The average molecular weight is 521 g/mol. The van der Waals surface area contributed by atoms with Crippen LogP contribution in [-0.2, 0) is 24.1 Å². The normalized spacial score (nSPS) is 19.2. The van der Waals surface area contributed by atoms with E-state index < -0.39 is 11.7 Å². The molecule has 5 rings (SSSR count). The number of benzene rings is 2. The van der Waals surface area contributed by atoms with Crippen LogP contribution in [0.15, 0.2) is 42.5 Å². The number of ether oxygens (including phenoxy) is 1. The Bertz CT molecular complexity index is 1170. The fraction of sp³-hybridized carbons (Fsp3) is 0.533. The third kappa shape index (κ3) is 6.13. The second kappa shape index (κ2) is 10.9. The summed E-state index contributed by atoms with van der Waals surface area (Å²) in [5, 5.41) is 10.8. The van der Waals surface area contributed by atoms with Crippen LogP contribution in [-0.4, -0.2) is 95.9 Å². The molecule has 0 aliphatic carbocycles. The van der Waals surface area contributed by atoms with E-state index in [1.54, 1.807) is 9.80 Å². The van der Waals surface area contributed by atoms with Crippen LogP contribution in [0.4, 0.5) is 10.5 Å². The minimum atomic E-state index is -0.577. The quantitative estimate of drug-likeness (QED) is 0.653. The lowest BCUT2D eigenvalue weighted by atomic mass is 9.97. The van der Waals surface area contributed by atoms with Crippen molar-refractivity contribution >= 4 is 17.7 Å². The van der Waals surface area contributed by atoms with Crippen molar-refractivity contribution in [2.24, 2.45) is 0 Å². The Morgan fingerprint density at radius 3 is 2.37 bits per heavy atom. The van der Waals surface area contributed by atoms with E-state index in [0.717, 1.165) is 55.8 Å². The maximum absolute atomic E-state index is 13.3. The zero-order valence-corrected chi connectivity index (χ0v) is 22.9. The highest BCUT2D eigenvalue weighted by Gasteiger charge is 2.29. The Kier molecular flexibility index (Phi) is 7.63. The minimum absolute atomic E-state index is 0.00409. The largest absolute Gasteiger partial charge is 0.444 e. The van der Waals surface area contributed by atoms with E-state index in [0.29, 0.717) is 32.7 Å². The number of β-amino-alcohol motifs (C(OH)–C–C–N with tert-alkyl or cyclic N) is 1. The second-order valence-corrected chi connectivity index (χ2v) is 11.7. The summed E-state index contributed by atoms with van der Waals surface area (Å²) >= 11 is 0. The first-order valence-electron chi connectivity index (χ1n) is 13.8. The van der Waals surface area contributed by atoms with E-state index in [4.69, 9.17) is 4.74 Å². The molecule has 2 aromatic rings. The van der Waals surface area contributed by atoms with Gasteiger partial charge in [-0.2, -0.15) is 0 Å². The molecule has 8 nitrogen and oxygen atoms in total. The lowest BCUT2D eigenvalue weighted by molar-refractivity contribution is 0.0240. The lowest BCUT2D eigenvalue weighted by Crippen LogP contribution is -2.50. The zero-order chi connectivity index (χ0) is 26.9.